The molecule has 2 saturated heterocycles. The first kappa shape index (κ1) is 12.3. The molecule has 2 fully saturated rings. The lowest BCUT2D eigenvalue weighted by Crippen LogP contribution is -2.48. The van der Waals surface area contributed by atoms with Crippen LogP contribution in [0, 0.1) is 5.92 Å². The van der Waals surface area contributed by atoms with Crippen molar-refractivity contribution < 1.29 is 8.42 Å². The quantitative estimate of drug-likeness (QED) is 0.763. The fraction of sp³-hybridized carbons (Fsp3) is 1.00. The van der Waals surface area contributed by atoms with Crippen LogP contribution in [-0.4, -0.2) is 49.2 Å². The maximum Gasteiger partial charge on any atom is 0.282 e. The summed E-state index contributed by atoms with van der Waals surface area (Å²) < 4.78 is 27.9. The minimum atomic E-state index is -3.25. The third kappa shape index (κ3) is 1.99. The molecule has 2 rings (SSSR count). The van der Waals surface area contributed by atoms with Crippen molar-refractivity contribution in [2.24, 2.45) is 11.7 Å². The van der Waals surface area contributed by atoms with Gasteiger partial charge in [0.15, 0.2) is 0 Å². The van der Waals surface area contributed by atoms with Gasteiger partial charge in [0.25, 0.3) is 10.2 Å². The predicted molar refractivity (Wildman–Crippen MR) is 63.1 cm³/mol. The van der Waals surface area contributed by atoms with E-state index in [9.17, 15) is 8.42 Å². The van der Waals surface area contributed by atoms with Crippen molar-refractivity contribution in [2.75, 3.05) is 26.2 Å². The van der Waals surface area contributed by atoms with Crippen LogP contribution in [-0.2, 0) is 10.2 Å². The van der Waals surface area contributed by atoms with E-state index in [0.29, 0.717) is 32.1 Å². The second-order valence-corrected chi connectivity index (χ2v) is 6.67. The maximum absolute atomic E-state index is 12.3. The van der Waals surface area contributed by atoms with E-state index in [1.165, 1.54) is 0 Å². The van der Waals surface area contributed by atoms with E-state index in [0.717, 1.165) is 19.3 Å². The van der Waals surface area contributed by atoms with E-state index < -0.39 is 10.2 Å². The summed E-state index contributed by atoms with van der Waals surface area (Å²) in [7, 11) is -3.25. The Balaban J connectivity index is 2.16. The van der Waals surface area contributed by atoms with Gasteiger partial charge in [0.2, 0.25) is 0 Å². The highest BCUT2D eigenvalue weighted by Crippen LogP contribution is 2.28. The van der Waals surface area contributed by atoms with E-state index >= 15 is 0 Å². The minimum Gasteiger partial charge on any atom is -0.329 e. The van der Waals surface area contributed by atoms with Crippen molar-refractivity contribution in [3.05, 3.63) is 0 Å². The molecule has 2 heterocycles. The Morgan fingerprint density at radius 2 is 1.88 bits per heavy atom. The predicted octanol–water partition coefficient (Wildman–Crippen LogP) is -0.00390. The Kier molecular flexibility index (Phi) is 3.53. The molecule has 0 amide bonds. The summed E-state index contributed by atoms with van der Waals surface area (Å²) >= 11 is 0. The van der Waals surface area contributed by atoms with Crippen molar-refractivity contribution >= 4 is 10.2 Å². The van der Waals surface area contributed by atoms with Crippen molar-refractivity contribution in [1.29, 1.82) is 0 Å². The Bertz CT molecular complexity index is 338. The van der Waals surface area contributed by atoms with Crippen molar-refractivity contribution in [3.8, 4) is 0 Å². The number of nitrogens with two attached hydrogens (primary N) is 1. The van der Waals surface area contributed by atoms with Gasteiger partial charge in [-0.05, 0) is 25.2 Å². The van der Waals surface area contributed by atoms with Crippen LogP contribution in [0.25, 0.3) is 0 Å². The summed E-state index contributed by atoms with van der Waals surface area (Å²) in [6.07, 6.45) is 2.89. The monoisotopic (exact) mass is 247 g/mol. The van der Waals surface area contributed by atoms with E-state index in [-0.39, 0.29) is 6.04 Å². The molecule has 94 valence electrons. The minimum absolute atomic E-state index is 0.00870. The van der Waals surface area contributed by atoms with Crippen LogP contribution in [0.2, 0.25) is 0 Å². The Morgan fingerprint density at radius 3 is 2.44 bits per heavy atom. The largest absolute Gasteiger partial charge is 0.329 e. The molecule has 2 aliphatic rings. The van der Waals surface area contributed by atoms with Crippen molar-refractivity contribution in [1.82, 2.24) is 8.61 Å². The molecular formula is C10H21N3O2S. The van der Waals surface area contributed by atoms with Gasteiger partial charge in [0.05, 0.1) is 0 Å². The van der Waals surface area contributed by atoms with Crippen molar-refractivity contribution in [2.45, 2.75) is 32.2 Å². The molecule has 2 aliphatic heterocycles. The Hall–Kier alpha value is -0.170. The van der Waals surface area contributed by atoms with Gasteiger partial charge in [-0.25, -0.2) is 0 Å². The van der Waals surface area contributed by atoms with Gasteiger partial charge in [-0.15, -0.1) is 0 Å². The van der Waals surface area contributed by atoms with E-state index in [4.69, 9.17) is 5.73 Å². The molecule has 0 saturated carbocycles. The van der Waals surface area contributed by atoms with Gasteiger partial charge >= 0.3 is 0 Å². The lowest BCUT2D eigenvalue weighted by molar-refractivity contribution is 0.323. The molecule has 16 heavy (non-hydrogen) atoms. The van der Waals surface area contributed by atoms with Gasteiger partial charge in [0, 0.05) is 32.2 Å². The average Bonchev–Trinajstić information content (AvgIpc) is 2.85. The summed E-state index contributed by atoms with van der Waals surface area (Å²) in [6, 6.07) is -0.00870. The molecule has 2 N–H and O–H groups in total. The first-order chi connectivity index (χ1) is 7.57. The highest BCUT2D eigenvalue weighted by atomic mass is 32.2. The third-order valence-electron chi connectivity index (χ3n) is 3.76. The van der Waals surface area contributed by atoms with Crippen LogP contribution < -0.4 is 5.73 Å². The first-order valence-corrected chi connectivity index (χ1v) is 7.44. The fourth-order valence-electron chi connectivity index (χ4n) is 2.68. The smallest absolute Gasteiger partial charge is 0.282 e. The van der Waals surface area contributed by atoms with Crippen molar-refractivity contribution in [3.63, 3.8) is 0 Å². The third-order valence-corrected chi connectivity index (χ3v) is 5.82. The van der Waals surface area contributed by atoms with E-state index in [1.807, 2.05) is 0 Å². The highest BCUT2D eigenvalue weighted by Gasteiger charge is 2.41. The standard InChI is InChI=1S/C10H21N3O2S/c1-9-4-7-13(10(9)8-11)16(14,15)12-5-2-3-6-12/h9-10H,2-8,11H2,1H3. The van der Waals surface area contributed by atoms with Crippen LogP contribution in [0.15, 0.2) is 0 Å². The van der Waals surface area contributed by atoms with Gasteiger partial charge in [-0.3, -0.25) is 0 Å². The first-order valence-electron chi connectivity index (χ1n) is 6.04. The van der Waals surface area contributed by atoms with Crippen LogP contribution in [0.3, 0.4) is 0 Å². The summed E-state index contributed by atoms with van der Waals surface area (Å²) in [5.74, 6) is 0.377. The fourth-order valence-corrected chi connectivity index (χ4v) is 4.66. The van der Waals surface area contributed by atoms with E-state index in [2.05, 4.69) is 6.92 Å². The SMILES string of the molecule is CC1CCN(S(=O)(=O)N2CCCC2)C1CN. The molecule has 0 aromatic carbocycles. The normalized spacial score (nSPS) is 33.6. The van der Waals surface area contributed by atoms with Gasteiger partial charge in [0.1, 0.15) is 0 Å². The second-order valence-electron chi connectivity index (χ2n) is 4.79. The topological polar surface area (TPSA) is 66.6 Å². The molecule has 0 spiro atoms. The van der Waals surface area contributed by atoms with Gasteiger partial charge in [-0.1, -0.05) is 6.92 Å². The Morgan fingerprint density at radius 1 is 1.25 bits per heavy atom. The highest BCUT2D eigenvalue weighted by molar-refractivity contribution is 7.86. The Labute approximate surface area is 97.8 Å². The molecule has 0 bridgehead atoms. The number of hydrogen-bond acceptors (Lipinski definition) is 3. The molecule has 0 aliphatic carbocycles. The zero-order chi connectivity index (χ0) is 11.8. The second kappa shape index (κ2) is 4.60. The summed E-state index contributed by atoms with van der Waals surface area (Å²) in [4.78, 5) is 0. The van der Waals surface area contributed by atoms with Crippen LogP contribution in [0.5, 0.6) is 0 Å². The number of rotatable bonds is 3. The molecule has 0 radical (unpaired) electrons. The summed E-state index contributed by atoms with van der Waals surface area (Å²) in [6.45, 7) is 4.47. The summed E-state index contributed by atoms with van der Waals surface area (Å²) in [5, 5.41) is 0. The lowest BCUT2D eigenvalue weighted by atomic mass is 10.0. The van der Waals surface area contributed by atoms with Crippen LogP contribution in [0.1, 0.15) is 26.2 Å². The molecule has 0 aromatic rings. The van der Waals surface area contributed by atoms with E-state index in [1.54, 1.807) is 8.61 Å². The average molecular weight is 247 g/mol. The lowest BCUT2D eigenvalue weighted by Gasteiger charge is -2.29. The molecule has 0 aromatic heterocycles. The molecular weight excluding hydrogens is 226 g/mol. The van der Waals surface area contributed by atoms with Crippen LogP contribution in [0.4, 0.5) is 0 Å². The molecule has 5 nitrogen and oxygen atoms in total. The molecule has 2 atom stereocenters. The van der Waals surface area contributed by atoms with Crippen LogP contribution >= 0.6 is 0 Å². The number of nitrogens with zero attached hydrogens (tertiary/aromatic N) is 2. The number of hydrogen-bond donors (Lipinski definition) is 1. The zero-order valence-corrected chi connectivity index (χ0v) is 10.6. The van der Waals surface area contributed by atoms with Gasteiger partial charge in [-0.2, -0.15) is 17.0 Å². The molecule has 2 unspecified atom stereocenters. The maximum atomic E-state index is 12.3. The summed E-state index contributed by atoms with van der Waals surface area (Å²) in [5.41, 5.74) is 5.69. The molecule has 6 heteroatoms. The zero-order valence-electron chi connectivity index (χ0n) is 9.80. The van der Waals surface area contributed by atoms with Gasteiger partial charge < -0.3 is 5.73 Å².